The molecule has 0 spiro atoms. The highest BCUT2D eigenvalue weighted by molar-refractivity contribution is 5.77. The summed E-state index contributed by atoms with van der Waals surface area (Å²) in [6, 6.07) is 0. The van der Waals surface area contributed by atoms with Crippen LogP contribution in [0, 0.1) is 56.7 Å². The molecule has 0 aromatic heterocycles. The second-order valence-electron chi connectivity index (χ2n) is 22.9. The molecule has 3 heterocycles. The van der Waals surface area contributed by atoms with Crippen LogP contribution in [0.15, 0.2) is 11.6 Å². The second-order valence-corrected chi connectivity index (χ2v) is 22.9. The first-order valence-electron chi connectivity index (χ1n) is 24.4. The molecule has 0 unspecified atom stereocenters. The third kappa shape index (κ3) is 7.88. The van der Waals surface area contributed by atoms with Crippen molar-refractivity contribution >= 4 is 11.9 Å². The lowest BCUT2D eigenvalue weighted by Crippen LogP contribution is -2.68. The smallest absolute Gasteiger partial charge is 0.335 e. The van der Waals surface area contributed by atoms with Gasteiger partial charge < -0.3 is 84.6 Å². The number of aliphatic carboxylic acids is 2. The molecular formula is C48H76O19. The fourth-order valence-electron chi connectivity index (χ4n) is 15.3. The second kappa shape index (κ2) is 18.3. The van der Waals surface area contributed by atoms with Crippen LogP contribution in [-0.2, 0) is 38.0 Å². The number of rotatable bonds is 10. The Bertz CT molecular complexity index is 1860. The number of carboxylic acids is 2. The molecule has 11 N–H and O–H groups in total. The van der Waals surface area contributed by atoms with Gasteiger partial charge in [0.15, 0.2) is 25.0 Å². The van der Waals surface area contributed by atoms with Gasteiger partial charge in [0.1, 0.15) is 67.1 Å². The molecule has 3 saturated heterocycles. The quantitative estimate of drug-likeness (QED) is 0.106. The van der Waals surface area contributed by atoms with Crippen molar-refractivity contribution in [3.05, 3.63) is 11.6 Å². The molecule has 4 saturated carbocycles. The molecule has 0 aromatic carbocycles. The summed E-state index contributed by atoms with van der Waals surface area (Å²) in [5, 5.41) is 117. The predicted molar refractivity (Wildman–Crippen MR) is 231 cm³/mol. The fourth-order valence-corrected chi connectivity index (χ4v) is 15.3. The zero-order valence-electron chi connectivity index (χ0n) is 39.7. The number of fused-ring (bicyclic) bond motifs is 7. The Hall–Kier alpha value is -1.92. The summed E-state index contributed by atoms with van der Waals surface area (Å²) in [4.78, 5) is 25.7. The highest BCUT2D eigenvalue weighted by Crippen LogP contribution is 2.76. The first-order chi connectivity index (χ1) is 31.3. The van der Waals surface area contributed by atoms with Crippen LogP contribution in [0.5, 0.6) is 0 Å². The molecule has 0 aromatic rings. The van der Waals surface area contributed by atoms with Gasteiger partial charge in [-0.3, -0.25) is 4.79 Å². The summed E-state index contributed by atoms with van der Waals surface area (Å²) in [7, 11) is 0. The Morgan fingerprint density at radius 3 is 1.84 bits per heavy atom. The topological polar surface area (TPSA) is 312 Å². The minimum atomic E-state index is -2.07. The third-order valence-electron chi connectivity index (χ3n) is 19.7. The van der Waals surface area contributed by atoms with Crippen molar-refractivity contribution in [2.45, 2.75) is 204 Å². The summed E-state index contributed by atoms with van der Waals surface area (Å²) >= 11 is 0. The van der Waals surface area contributed by atoms with E-state index < -0.39 is 134 Å². The van der Waals surface area contributed by atoms with Crippen LogP contribution < -0.4 is 0 Å². The van der Waals surface area contributed by atoms with Crippen LogP contribution in [-0.4, -0.2) is 180 Å². The molecule has 25 atom stereocenters. The van der Waals surface area contributed by atoms with Crippen LogP contribution >= 0.6 is 0 Å². The Morgan fingerprint density at radius 1 is 0.642 bits per heavy atom. The Labute approximate surface area is 391 Å². The van der Waals surface area contributed by atoms with Crippen molar-refractivity contribution in [3.63, 3.8) is 0 Å². The Kier molecular flexibility index (Phi) is 14.0. The zero-order valence-corrected chi connectivity index (χ0v) is 39.7. The monoisotopic (exact) mass is 956 g/mol. The molecule has 382 valence electrons. The molecule has 19 nitrogen and oxygen atoms in total. The van der Waals surface area contributed by atoms with Gasteiger partial charge in [0.2, 0.25) is 0 Å². The lowest BCUT2D eigenvalue weighted by atomic mass is 9.33. The van der Waals surface area contributed by atoms with Crippen molar-refractivity contribution in [1.82, 2.24) is 0 Å². The molecule has 19 heteroatoms. The van der Waals surface area contributed by atoms with Gasteiger partial charge in [-0.1, -0.05) is 60.1 Å². The molecule has 7 fully saturated rings. The number of ether oxygens (including phenoxy) is 6. The Morgan fingerprint density at radius 2 is 1.22 bits per heavy atom. The van der Waals surface area contributed by atoms with E-state index in [1.807, 2.05) is 0 Å². The summed E-state index contributed by atoms with van der Waals surface area (Å²) < 4.78 is 36.1. The highest BCUT2D eigenvalue weighted by Gasteiger charge is 2.70. The van der Waals surface area contributed by atoms with E-state index in [0.29, 0.717) is 25.2 Å². The molecule has 0 radical (unpaired) electrons. The number of hydrogen-bond acceptors (Lipinski definition) is 17. The van der Waals surface area contributed by atoms with Gasteiger partial charge in [0.25, 0.3) is 0 Å². The number of carboxylic acid groups (broad SMARTS) is 2. The first-order valence-corrected chi connectivity index (χ1v) is 24.4. The highest BCUT2D eigenvalue weighted by atomic mass is 16.8. The average Bonchev–Trinajstić information content (AvgIpc) is 3.27. The van der Waals surface area contributed by atoms with Gasteiger partial charge in [0.05, 0.1) is 24.7 Å². The summed E-state index contributed by atoms with van der Waals surface area (Å²) in [5.74, 6) is -1.30. The average molecular weight is 957 g/mol. The summed E-state index contributed by atoms with van der Waals surface area (Å²) in [6.07, 6.45) is -18.7. The number of allylic oxidation sites excluding steroid dienone is 2. The van der Waals surface area contributed by atoms with Gasteiger partial charge in [0, 0.05) is 0 Å². The zero-order chi connectivity index (χ0) is 49.1. The summed E-state index contributed by atoms with van der Waals surface area (Å²) in [5.41, 5.74) is -0.544. The molecular weight excluding hydrogens is 881 g/mol. The van der Waals surface area contributed by atoms with Crippen molar-refractivity contribution in [3.8, 4) is 0 Å². The standard InChI is InChI=1S/C48H76O19/c1-20-10-15-48(43(60)61)17-16-46(6)22(28(48)21(20)2)8-9-26-45(5)13-12-27(44(3,4)25(45)11-14-47(26,46)7)64-42-38(34(56)33(55)36(65-42)39(58)59)67-41-37(32(54)30(52)24(19-50)63-41)66-40-35(57)31(53)29(51)23(18-49)62-40/h8,20-21,23-38,40-42,49-57H,9-19H2,1-7H3,(H,58,59)(H,60,61)/t20-,21+,23-,24-,25+,26-,27+,28+,29-,30+,31+,32+,33+,34+,35-,36+,37-,38-,40+,41+,42-,45+,46-,47-,48+/m1/s1. The van der Waals surface area contributed by atoms with E-state index in [1.165, 1.54) is 5.57 Å². The molecule has 67 heavy (non-hydrogen) atoms. The largest absolute Gasteiger partial charge is 0.481 e. The lowest BCUT2D eigenvalue weighted by Gasteiger charge is -2.71. The SMILES string of the molecule is C[C@H]1[C@H](C)CC[C@]2(C(=O)O)CC[C@]3(C)C(=CC[C@@H]4[C@@]5(C)CC[C@H](O[C@@H]6O[C@H](C(=O)O)[C@@H](O)[C@H](O)[C@H]6O[C@@H]6O[C@H](CO)[C@H](O)[C@H](O)[C@H]6O[C@@H]6O[C@H](CO)[C@@H](O)[C@H](O)[C@H]6O)C(C)(C)[C@@H]5CC[C@]43C)[C@H]12. The number of aliphatic hydroxyl groups excluding tert-OH is 9. The van der Waals surface area contributed by atoms with Crippen LogP contribution in [0.25, 0.3) is 0 Å². The third-order valence-corrected chi connectivity index (χ3v) is 19.7. The first kappa shape index (κ1) is 51.4. The predicted octanol–water partition coefficient (Wildman–Crippen LogP) is 0.654. The van der Waals surface area contributed by atoms with E-state index in [2.05, 4.69) is 54.5 Å². The van der Waals surface area contributed by atoms with E-state index in [9.17, 15) is 65.8 Å². The summed E-state index contributed by atoms with van der Waals surface area (Å²) in [6.45, 7) is 14.3. The van der Waals surface area contributed by atoms with Crippen LogP contribution in [0.2, 0.25) is 0 Å². The van der Waals surface area contributed by atoms with Crippen LogP contribution in [0.1, 0.15) is 106 Å². The minimum Gasteiger partial charge on any atom is -0.481 e. The van der Waals surface area contributed by atoms with Crippen LogP contribution in [0.3, 0.4) is 0 Å². The molecule has 0 amide bonds. The molecule has 0 bridgehead atoms. The molecule has 8 aliphatic rings. The van der Waals surface area contributed by atoms with E-state index in [1.54, 1.807) is 0 Å². The normalized spacial score (nSPS) is 54.1. The van der Waals surface area contributed by atoms with E-state index in [4.69, 9.17) is 28.4 Å². The molecule has 8 rings (SSSR count). The van der Waals surface area contributed by atoms with Crippen molar-refractivity contribution in [2.24, 2.45) is 56.7 Å². The van der Waals surface area contributed by atoms with Gasteiger partial charge in [-0.2, -0.15) is 0 Å². The van der Waals surface area contributed by atoms with E-state index in [0.717, 1.165) is 38.5 Å². The lowest BCUT2D eigenvalue weighted by molar-refractivity contribution is -0.396. The van der Waals surface area contributed by atoms with Gasteiger partial charge in [-0.25, -0.2) is 4.79 Å². The Balaban J connectivity index is 1.07. The van der Waals surface area contributed by atoms with Crippen molar-refractivity contribution in [2.75, 3.05) is 13.2 Å². The number of aliphatic hydroxyl groups is 9. The minimum absolute atomic E-state index is 0.0260. The van der Waals surface area contributed by atoms with Crippen LogP contribution in [0.4, 0.5) is 0 Å². The van der Waals surface area contributed by atoms with Gasteiger partial charge in [-0.05, 0) is 109 Å². The van der Waals surface area contributed by atoms with E-state index in [-0.39, 0.29) is 39.9 Å². The maximum Gasteiger partial charge on any atom is 0.335 e. The molecule has 5 aliphatic carbocycles. The fraction of sp³-hybridized carbons (Fsp3) is 0.917. The van der Waals surface area contributed by atoms with Gasteiger partial charge >= 0.3 is 11.9 Å². The van der Waals surface area contributed by atoms with Gasteiger partial charge in [-0.15, -0.1) is 0 Å². The van der Waals surface area contributed by atoms with Crippen molar-refractivity contribution in [1.29, 1.82) is 0 Å². The number of hydrogen-bond donors (Lipinski definition) is 11. The molecule has 3 aliphatic heterocycles. The maximum absolute atomic E-state index is 13.2. The maximum atomic E-state index is 13.2. The van der Waals surface area contributed by atoms with E-state index >= 15 is 0 Å². The number of carbonyl (C=O) groups is 2. The van der Waals surface area contributed by atoms with Crippen molar-refractivity contribution < 1.29 is 94.2 Å².